The van der Waals surface area contributed by atoms with E-state index >= 15 is 0 Å². The van der Waals surface area contributed by atoms with Crippen molar-refractivity contribution in [2.24, 2.45) is 0 Å². The van der Waals surface area contributed by atoms with E-state index < -0.39 is 21.5 Å². The fourth-order valence-electron chi connectivity index (χ4n) is 3.66. The number of nitrogens with one attached hydrogen (secondary N) is 1. The van der Waals surface area contributed by atoms with E-state index in [1.165, 1.54) is 17.6 Å². The number of hydrogen-bond acceptors (Lipinski definition) is 9. The largest absolute Gasteiger partial charge is 0.444 e. The van der Waals surface area contributed by atoms with Gasteiger partial charge in [-0.2, -0.15) is 0 Å². The molecule has 10 nitrogen and oxygen atoms in total. The smallest absolute Gasteiger partial charge is 0.408 e. The zero-order chi connectivity index (χ0) is 28.0. The van der Waals surface area contributed by atoms with Crippen LogP contribution in [0.3, 0.4) is 0 Å². The highest BCUT2D eigenvalue weighted by Gasteiger charge is 2.17. The van der Waals surface area contributed by atoms with Gasteiger partial charge in [0.25, 0.3) is 0 Å². The Morgan fingerprint density at radius 2 is 1.74 bits per heavy atom. The third-order valence-corrected chi connectivity index (χ3v) is 7.45. The highest BCUT2D eigenvalue weighted by atomic mass is 32.2. The molecule has 3 aromatic heterocycles. The molecule has 1 amide bonds. The lowest BCUT2D eigenvalue weighted by Gasteiger charge is -2.19. The molecule has 1 aliphatic heterocycles. The van der Waals surface area contributed by atoms with Crippen molar-refractivity contribution < 1.29 is 27.4 Å². The Labute approximate surface area is 231 Å². The molecule has 0 saturated carbocycles. The summed E-state index contributed by atoms with van der Waals surface area (Å²) in [5.74, 6) is 0. The van der Waals surface area contributed by atoms with Crippen LogP contribution in [0.4, 0.5) is 4.79 Å². The lowest BCUT2D eigenvalue weighted by Crippen LogP contribution is -2.32. The quantitative estimate of drug-likeness (QED) is 0.369. The summed E-state index contributed by atoms with van der Waals surface area (Å²) in [5, 5.41) is 5.40. The van der Waals surface area contributed by atoms with Crippen LogP contribution in [0, 0.1) is 0 Å². The number of rotatable bonds is 5. The van der Waals surface area contributed by atoms with Crippen LogP contribution in [0.1, 0.15) is 25.8 Å². The van der Waals surface area contributed by atoms with Gasteiger partial charge in [-0.25, -0.2) is 23.2 Å². The number of pyridine rings is 1. The van der Waals surface area contributed by atoms with E-state index in [9.17, 15) is 13.2 Å². The summed E-state index contributed by atoms with van der Waals surface area (Å²) in [5.41, 5.74) is 3.63. The minimum absolute atomic E-state index is 0.282. The molecule has 1 saturated heterocycles. The molecule has 0 radical (unpaired) electrons. The van der Waals surface area contributed by atoms with Crippen molar-refractivity contribution in [3.05, 3.63) is 59.2 Å². The van der Waals surface area contributed by atoms with Gasteiger partial charge in [-0.05, 0) is 56.2 Å². The van der Waals surface area contributed by atoms with Crippen molar-refractivity contribution in [3.8, 4) is 22.5 Å². The number of nitrogens with zero attached hydrogens (tertiary/aromatic N) is 3. The van der Waals surface area contributed by atoms with Crippen LogP contribution in [0.2, 0.25) is 0 Å². The van der Waals surface area contributed by atoms with E-state index in [4.69, 9.17) is 14.2 Å². The first-order valence-corrected chi connectivity index (χ1v) is 15.1. The van der Waals surface area contributed by atoms with Gasteiger partial charge in [0.15, 0.2) is 9.84 Å². The van der Waals surface area contributed by atoms with E-state index in [1.807, 2.05) is 48.9 Å². The second-order valence-corrected chi connectivity index (χ2v) is 12.7. The van der Waals surface area contributed by atoms with Crippen molar-refractivity contribution in [3.63, 3.8) is 0 Å². The number of hydrogen-bond donors (Lipinski definition) is 1. The van der Waals surface area contributed by atoms with Crippen molar-refractivity contribution >= 4 is 32.9 Å². The molecule has 1 N–H and O–H groups in total. The van der Waals surface area contributed by atoms with Gasteiger partial charge in [-0.1, -0.05) is 12.1 Å². The highest BCUT2D eigenvalue weighted by Crippen LogP contribution is 2.27. The van der Waals surface area contributed by atoms with Crippen molar-refractivity contribution in [1.82, 2.24) is 19.7 Å². The molecule has 1 aromatic carbocycles. The van der Waals surface area contributed by atoms with E-state index in [2.05, 4.69) is 15.3 Å². The highest BCUT2D eigenvalue weighted by molar-refractivity contribution is 7.90. The Balaban J connectivity index is 0.000000519. The van der Waals surface area contributed by atoms with Crippen LogP contribution < -0.4 is 5.32 Å². The molecule has 0 aliphatic carbocycles. The minimum atomic E-state index is -3.23. The van der Waals surface area contributed by atoms with Crippen LogP contribution in [-0.4, -0.2) is 67.2 Å². The minimum Gasteiger partial charge on any atom is -0.444 e. The summed E-state index contributed by atoms with van der Waals surface area (Å²) in [4.78, 5) is 21.3. The Morgan fingerprint density at radius 1 is 1.08 bits per heavy atom. The Morgan fingerprint density at radius 3 is 2.33 bits per heavy atom. The molecule has 208 valence electrons. The van der Waals surface area contributed by atoms with Gasteiger partial charge in [0, 0.05) is 17.8 Å². The summed E-state index contributed by atoms with van der Waals surface area (Å²) in [6, 6.07) is 10.7. The van der Waals surface area contributed by atoms with Crippen LogP contribution in [0.15, 0.2) is 59.1 Å². The average Bonchev–Trinajstić information content (AvgIpc) is 3.54. The number of imidazole rings is 1. The molecule has 12 heteroatoms. The molecule has 4 heterocycles. The number of ether oxygens (including phenoxy) is 3. The molecule has 1 fully saturated rings. The fourth-order valence-corrected chi connectivity index (χ4v) is 5.01. The van der Waals surface area contributed by atoms with Gasteiger partial charge in [0.05, 0.1) is 55.5 Å². The van der Waals surface area contributed by atoms with Gasteiger partial charge in [-0.15, -0.1) is 11.3 Å². The molecule has 1 aliphatic rings. The first kappa shape index (κ1) is 28.7. The molecule has 0 atom stereocenters. The molecule has 0 bridgehead atoms. The number of aromatic nitrogens is 3. The SMILES string of the molecule is C1COCCO1.CC(C)(C)OC(=O)NCc1nc(-c2cnc3cc(-c4ccc(S(C)(=O)=O)cc4)ccn23)cs1. The predicted molar refractivity (Wildman–Crippen MR) is 150 cm³/mol. The van der Waals surface area contributed by atoms with E-state index in [0.717, 1.165) is 59.6 Å². The van der Waals surface area contributed by atoms with Gasteiger partial charge in [0.1, 0.15) is 16.3 Å². The first-order valence-electron chi connectivity index (χ1n) is 12.3. The average molecular weight is 573 g/mol. The van der Waals surface area contributed by atoms with Crippen molar-refractivity contribution in [2.75, 3.05) is 32.7 Å². The second kappa shape index (κ2) is 12.2. The third-order valence-electron chi connectivity index (χ3n) is 5.47. The van der Waals surface area contributed by atoms with Crippen molar-refractivity contribution in [2.45, 2.75) is 37.8 Å². The van der Waals surface area contributed by atoms with Crippen molar-refractivity contribution in [1.29, 1.82) is 0 Å². The molecular weight excluding hydrogens is 540 g/mol. The molecule has 5 rings (SSSR count). The molecular formula is C27H32N4O6S2. The molecule has 0 unspecified atom stereocenters. The predicted octanol–water partition coefficient (Wildman–Crippen LogP) is 4.59. The van der Waals surface area contributed by atoms with Crippen LogP contribution in [0.5, 0.6) is 0 Å². The summed E-state index contributed by atoms with van der Waals surface area (Å²) < 4.78 is 40.4. The number of alkyl carbamates (subject to hydrolysis) is 1. The number of benzene rings is 1. The van der Waals surface area contributed by atoms with Gasteiger partial charge in [-0.3, -0.25) is 4.40 Å². The number of fused-ring (bicyclic) bond motifs is 1. The third kappa shape index (κ3) is 8.09. The Bertz CT molecular complexity index is 1510. The van der Waals surface area contributed by atoms with Gasteiger partial charge in [0.2, 0.25) is 0 Å². The standard InChI is InChI=1S/C23H24N4O4S2.C4H8O2/c1-23(2,3)31-22(28)25-13-21-26-18(14-32-21)19-12-24-20-11-16(9-10-27(19)20)15-5-7-17(8-6-15)33(4,29)30;1-2-6-4-3-5-1/h5-12,14H,13H2,1-4H3,(H,25,28);1-4H2. The zero-order valence-corrected chi connectivity index (χ0v) is 24.0. The topological polar surface area (TPSA) is 121 Å². The number of carbonyl (C=O) groups excluding carboxylic acids is 1. The van der Waals surface area contributed by atoms with E-state index in [0.29, 0.717) is 0 Å². The van der Waals surface area contributed by atoms with E-state index in [-0.39, 0.29) is 11.4 Å². The lowest BCUT2D eigenvalue weighted by atomic mass is 10.1. The van der Waals surface area contributed by atoms with E-state index in [1.54, 1.807) is 30.5 Å². The number of carbonyl (C=O) groups is 1. The monoisotopic (exact) mass is 572 g/mol. The van der Waals surface area contributed by atoms with Crippen LogP contribution >= 0.6 is 11.3 Å². The maximum Gasteiger partial charge on any atom is 0.408 e. The zero-order valence-electron chi connectivity index (χ0n) is 22.3. The first-order chi connectivity index (χ1) is 18.5. The number of thiazole rings is 1. The molecule has 0 spiro atoms. The Kier molecular flexibility index (Phi) is 9.01. The maximum atomic E-state index is 11.9. The number of sulfone groups is 1. The summed E-state index contributed by atoms with van der Waals surface area (Å²) >= 11 is 1.45. The van der Waals surface area contributed by atoms with Crippen LogP contribution in [-0.2, 0) is 30.6 Å². The summed E-state index contributed by atoms with van der Waals surface area (Å²) in [6.45, 7) is 8.84. The summed E-state index contributed by atoms with van der Waals surface area (Å²) in [7, 11) is -3.23. The van der Waals surface area contributed by atoms with Gasteiger partial charge < -0.3 is 19.5 Å². The normalized spacial score (nSPS) is 13.9. The molecule has 4 aromatic rings. The lowest BCUT2D eigenvalue weighted by molar-refractivity contribution is -0.0334. The molecule has 39 heavy (non-hydrogen) atoms. The Hall–Kier alpha value is -3.32. The fraction of sp³-hybridized carbons (Fsp3) is 0.370. The second-order valence-electron chi connectivity index (χ2n) is 9.79. The van der Waals surface area contributed by atoms with Crippen LogP contribution in [0.25, 0.3) is 28.2 Å². The maximum absolute atomic E-state index is 11.9. The number of amides is 1. The van der Waals surface area contributed by atoms with Gasteiger partial charge >= 0.3 is 6.09 Å². The summed E-state index contributed by atoms with van der Waals surface area (Å²) in [6.07, 6.45) is 4.38.